The van der Waals surface area contributed by atoms with Gasteiger partial charge in [0.25, 0.3) is 0 Å². The van der Waals surface area contributed by atoms with E-state index in [0.717, 1.165) is 17.1 Å². The van der Waals surface area contributed by atoms with Crippen molar-refractivity contribution in [2.45, 2.75) is 24.7 Å². The molecule has 0 radical (unpaired) electrons. The Morgan fingerprint density at radius 2 is 0.754 bits per heavy atom. The first-order valence-corrected chi connectivity index (χ1v) is 22.8. The first kappa shape index (κ1) is 37.5. The first-order chi connectivity index (χ1) is 32.0. The van der Waals surface area contributed by atoms with Gasteiger partial charge in [0.15, 0.2) is 0 Å². The maximum absolute atomic E-state index is 2.55. The Morgan fingerprint density at radius 3 is 1.45 bits per heavy atom. The van der Waals surface area contributed by atoms with Crippen molar-refractivity contribution < 1.29 is 0 Å². The fourth-order valence-corrected chi connectivity index (χ4v) is 11.8. The molecule has 65 heavy (non-hydrogen) atoms. The Morgan fingerprint density at radius 1 is 0.277 bits per heavy atom. The lowest BCUT2D eigenvalue weighted by Crippen LogP contribution is -2.26. The van der Waals surface area contributed by atoms with Gasteiger partial charge in [0.1, 0.15) is 0 Å². The van der Waals surface area contributed by atoms with E-state index >= 15 is 0 Å². The quantitative estimate of drug-likeness (QED) is 0.161. The fraction of sp³-hybridized carbons (Fsp3) is 0.0625. The van der Waals surface area contributed by atoms with E-state index in [9.17, 15) is 0 Å². The van der Waals surface area contributed by atoms with Crippen LogP contribution in [0.15, 0.2) is 237 Å². The molecule has 0 aromatic heterocycles. The highest BCUT2D eigenvalue weighted by Crippen LogP contribution is 2.65. The zero-order valence-electron chi connectivity index (χ0n) is 36.5. The van der Waals surface area contributed by atoms with Crippen LogP contribution in [-0.4, -0.2) is 0 Å². The smallest absolute Gasteiger partial charge is 0.0726 e. The van der Waals surface area contributed by atoms with Gasteiger partial charge >= 0.3 is 0 Å². The van der Waals surface area contributed by atoms with E-state index in [1.165, 1.54) is 100 Å². The van der Waals surface area contributed by atoms with Crippen LogP contribution in [-0.2, 0) is 10.8 Å². The van der Waals surface area contributed by atoms with Crippen molar-refractivity contribution >= 4 is 17.1 Å². The van der Waals surface area contributed by atoms with Crippen LogP contribution in [0.25, 0.3) is 66.8 Å². The molecular formula is C64H45N. The standard InChI is InChI=1S/C64H45N/c1-63(2)55-28-15-12-25-49(55)51-38-35-47(41-59(51)63)65(46-34-37-48(43-21-8-4-9-22-43)54(40-46)44-23-10-5-11-24-44)61-32-18-31-58-62(61)53-27-14-17-30-57(53)64(58)56-29-16-13-26-50(56)52-36-33-45(39-60(52)64)42-19-6-3-7-20-42/h3-41H,1-2H3. The molecule has 3 aliphatic rings. The molecule has 10 aromatic carbocycles. The van der Waals surface area contributed by atoms with Crippen molar-refractivity contribution in [2.75, 3.05) is 4.90 Å². The Balaban J connectivity index is 1.10. The van der Waals surface area contributed by atoms with Crippen LogP contribution >= 0.6 is 0 Å². The lowest BCUT2D eigenvalue weighted by molar-refractivity contribution is 0.660. The highest BCUT2D eigenvalue weighted by Gasteiger charge is 2.52. The third-order valence-electron chi connectivity index (χ3n) is 14.7. The van der Waals surface area contributed by atoms with Crippen molar-refractivity contribution in [1.82, 2.24) is 0 Å². The van der Waals surface area contributed by atoms with Gasteiger partial charge in [-0.25, -0.2) is 0 Å². The summed E-state index contributed by atoms with van der Waals surface area (Å²) in [6.07, 6.45) is 0. The second-order valence-electron chi connectivity index (χ2n) is 18.4. The van der Waals surface area contributed by atoms with Crippen LogP contribution in [0.5, 0.6) is 0 Å². The van der Waals surface area contributed by atoms with Crippen LogP contribution in [0.3, 0.4) is 0 Å². The number of nitrogens with zero attached hydrogens (tertiary/aromatic N) is 1. The Hall–Kier alpha value is -8.00. The summed E-state index contributed by atoms with van der Waals surface area (Å²) < 4.78 is 0. The van der Waals surface area contributed by atoms with Gasteiger partial charge in [-0.1, -0.05) is 214 Å². The molecule has 0 heterocycles. The van der Waals surface area contributed by atoms with Crippen molar-refractivity contribution in [3.8, 4) is 66.8 Å². The van der Waals surface area contributed by atoms with E-state index in [4.69, 9.17) is 0 Å². The maximum Gasteiger partial charge on any atom is 0.0726 e. The first-order valence-electron chi connectivity index (χ1n) is 22.8. The van der Waals surface area contributed by atoms with Crippen molar-refractivity contribution in [3.63, 3.8) is 0 Å². The minimum Gasteiger partial charge on any atom is -0.310 e. The van der Waals surface area contributed by atoms with Crippen LogP contribution in [0.2, 0.25) is 0 Å². The van der Waals surface area contributed by atoms with E-state index in [-0.39, 0.29) is 5.41 Å². The summed E-state index contributed by atoms with van der Waals surface area (Å²) in [5.41, 5.74) is 25.8. The SMILES string of the molecule is CC1(C)c2ccccc2-c2ccc(N(c3ccc(-c4ccccc4)c(-c4ccccc4)c3)c3cccc4c3-c3ccccc3C43c4ccccc4-c4ccc(-c5ccccc5)cc43)cc21. The summed E-state index contributed by atoms with van der Waals surface area (Å²) in [6, 6.07) is 88.4. The van der Waals surface area contributed by atoms with Crippen molar-refractivity contribution in [2.24, 2.45) is 0 Å². The van der Waals surface area contributed by atoms with Crippen LogP contribution in [0.1, 0.15) is 47.2 Å². The summed E-state index contributed by atoms with van der Waals surface area (Å²) in [5, 5.41) is 0. The molecule has 0 fully saturated rings. The number of anilines is 3. The molecule has 1 heteroatoms. The molecule has 13 rings (SSSR count). The molecule has 1 spiro atoms. The van der Waals surface area contributed by atoms with Gasteiger partial charge in [0.05, 0.1) is 11.1 Å². The van der Waals surface area contributed by atoms with Crippen LogP contribution < -0.4 is 4.90 Å². The molecule has 1 atom stereocenters. The van der Waals surface area contributed by atoms with Crippen molar-refractivity contribution in [3.05, 3.63) is 270 Å². The molecule has 0 saturated heterocycles. The molecule has 0 bridgehead atoms. The Bertz CT molecular complexity index is 3510. The van der Waals surface area contributed by atoms with E-state index in [0.29, 0.717) is 0 Å². The average molecular weight is 828 g/mol. The lowest BCUT2D eigenvalue weighted by atomic mass is 9.70. The monoisotopic (exact) mass is 827 g/mol. The summed E-state index contributed by atoms with van der Waals surface area (Å²) in [6.45, 7) is 4.76. The summed E-state index contributed by atoms with van der Waals surface area (Å²) in [7, 11) is 0. The second-order valence-corrected chi connectivity index (χ2v) is 18.4. The minimum absolute atomic E-state index is 0.164. The Labute approximate surface area is 381 Å². The van der Waals surface area contributed by atoms with Gasteiger partial charge in [0, 0.05) is 22.4 Å². The third kappa shape index (κ3) is 5.39. The van der Waals surface area contributed by atoms with Gasteiger partial charge in [-0.2, -0.15) is 0 Å². The predicted molar refractivity (Wildman–Crippen MR) is 271 cm³/mol. The summed E-state index contributed by atoms with van der Waals surface area (Å²) >= 11 is 0. The molecule has 1 nitrogen and oxygen atoms in total. The van der Waals surface area contributed by atoms with E-state index in [1.807, 2.05) is 0 Å². The molecule has 0 amide bonds. The van der Waals surface area contributed by atoms with Crippen LogP contribution in [0, 0.1) is 0 Å². The number of rotatable bonds is 6. The highest BCUT2D eigenvalue weighted by molar-refractivity contribution is 6.02. The third-order valence-corrected chi connectivity index (χ3v) is 14.7. The zero-order chi connectivity index (χ0) is 43.3. The van der Waals surface area contributed by atoms with E-state index in [2.05, 4.69) is 255 Å². The van der Waals surface area contributed by atoms with Crippen LogP contribution in [0.4, 0.5) is 17.1 Å². The van der Waals surface area contributed by atoms with Gasteiger partial charge < -0.3 is 4.90 Å². The largest absolute Gasteiger partial charge is 0.310 e. The fourth-order valence-electron chi connectivity index (χ4n) is 11.8. The molecule has 3 aliphatic carbocycles. The zero-order valence-corrected chi connectivity index (χ0v) is 36.5. The summed E-state index contributed by atoms with van der Waals surface area (Å²) in [5.74, 6) is 0. The normalized spacial score (nSPS) is 15.4. The van der Waals surface area contributed by atoms with Gasteiger partial charge in [-0.05, 0) is 131 Å². The molecule has 0 saturated carbocycles. The lowest BCUT2D eigenvalue weighted by Gasteiger charge is -2.32. The topological polar surface area (TPSA) is 3.24 Å². The number of hydrogen-bond donors (Lipinski definition) is 0. The van der Waals surface area contributed by atoms with E-state index < -0.39 is 5.41 Å². The Kier molecular flexibility index (Phi) is 8.24. The second kappa shape index (κ2) is 14.3. The van der Waals surface area contributed by atoms with Gasteiger partial charge in [0.2, 0.25) is 0 Å². The molecule has 10 aromatic rings. The highest BCUT2D eigenvalue weighted by atomic mass is 15.1. The average Bonchev–Trinajstić information content (AvgIpc) is 3.93. The van der Waals surface area contributed by atoms with Gasteiger partial charge in [-0.15, -0.1) is 0 Å². The number of benzene rings is 10. The molecular weight excluding hydrogens is 783 g/mol. The summed E-state index contributed by atoms with van der Waals surface area (Å²) in [4.78, 5) is 2.55. The van der Waals surface area contributed by atoms with Gasteiger partial charge in [-0.3, -0.25) is 0 Å². The number of fused-ring (bicyclic) bond motifs is 13. The molecule has 0 aliphatic heterocycles. The number of hydrogen-bond acceptors (Lipinski definition) is 1. The van der Waals surface area contributed by atoms with E-state index in [1.54, 1.807) is 0 Å². The van der Waals surface area contributed by atoms with Crippen molar-refractivity contribution in [1.29, 1.82) is 0 Å². The predicted octanol–water partition coefficient (Wildman–Crippen LogP) is 16.8. The maximum atomic E-state index is 2.55. The molecule has 0 N–H and O–H groups in total. The molecule has 1 unspecified atom stereocenters. The minimum atomic E-state index is -0.516. The molecule has 306 valence electrons.